The lowest BCUT2D eigenvalue weighted by molar-refractivity contribution is 0.629. The third-order valence-corrected chi connectivity index (χ3v) is 4.40. The zero-order valence-electron chi connectivity index (χ0n) is 14.1. The Morgan fingerprint density at radius 1 is 0.833 bits per heavy atom. The number of nitrogens with zero attached hydrogens (tertiary/aromatic N) is 1. The highest BCUT2D eigenvalue weighted by molar-refractivity contribution is 5.86. The predicted molar refractivity (Wildman–Crippen MR) is 99.1 cm³/mol. The zero-order valence-corrected chi connectivity index (χ0v) is 14.1. The van der Waals surface area contributed by atoms with E-state index in [9.17, 15) is 0 Å². The molecule has 2 heteroatoms. The standard InChI is InChI=1S/C22H19NO/c1-14-9-15(2)22(16(3)10-14)20-12-18-11-19(23-13-21(18)24-20)17-7-5-4-6-8-17/h4-13H,1-3H3. The van der Waals surface area contributed by atoms with Gasteiger partial charge in [-0.3, -0.25) is 4.98 Å². The van der Waals surface area contributed by atoms with Crippen molar-refractivity contribution < 1.29 is 4.42 Å². The van der Waals surface area contributed by atoms with Crippen molar-refractivity contribution in [1.82, 2.24) is 4.98 Å². The summed E-state index contributed by atoms with van der Waals surface area (Å²) in [6.07, 6.45) is 1.82. The van der Waals surface area contributed by atoms with Gasteiger partial charge in [0.25, 0.3) is 0 Å². The molecular weight excluding hydrogens is 294 g/mol. The van der Waals surface area contributed by atoms with Gasteiger partial charge in [0.15, 0.2) is 5.58 Å². The molecule has 0 bridgehead atoms. The van der Waals surface area contributed by atoms with Crippen LogP contribution in [0.4, 0.5) is 0 Å². The number of hydrogen-bond acceptors (Lipinski definition) is 2. The number of benzene rings is 2. The molecule has 2 heterocycles. The van der Waals surface area contributed by atoms with E-state index < -0.39 is 0 Å². The number of pyridine rings is 1. The van der Waals surface area contributed by atoms with Crippen LogP contribution in [0, 0.1) is 20.8 Å². The quantitative estimate of drug-likeness (QED) is 0.448. The third kappa shape index (κ3) is 2.50. The Morgan fingerprint density at radius 3 is 2.25 bits per heavy atom. The van der Waals surface area contributed by atoms with E-state index in [-0.39, 0.29) is 0 Å². The van der Waals surface area contributed by atoms with Gasteiger partial charge in [-0.1, -0.05) is 48.0 Å². The van der Waals surface area contributed by atoms with E-state index in [1.807, 2.05) is 24.4 Å². The lowest BCUT2D eigenvalue weighted by Crippen LogP contribution is -1.88. The van der Waals surface area contributed by atoms with Gasteiger partial charge in [0.2, 0.25) is 0 Å². The van der Waals surface area contributed by atoms with Crippen molar-refractivity contribution in [2.45, 2.75) is 20.8 Å². The maximum atomic E-state index is 6.08. The van der Waals surface area contributed by atoms with Gasteiger partial charge in [0, 0.05) is 16.5 Å². The van der Waals surface area contributed by atoms with Crippen LogP contribution in [0.1, 0.15) is 16.7 Å². The van der Waals surface area contributed by atoms with Crippen molar-refractivity contribution in [3.05, 3.63) is 77.5 Å². The second kappa shape index (κ2) is 5.64. The van der Waals surface area contributed by atoms with Crippen molar-refractivity contribution in [3.63, 3.8) is 0 Å². The SMILES string of the molecule is Cc1cc(C)c(-c2cc3cc(-c4ccccc4)ncc3o2)c(C)c1. The van der Waals surface area contributed by atoms with E-state index >= 15 is 0 Å². The average Bonchev–Trinajstić information content (AvgIpc) is 2.97. The molecule has 0 unspecified atom stereocenters. The summed E-state index contributed by atoms with van der Waals surface area (Å²) in [5, 5.41) is 1.08. The Balaban J connectivity index is 1.85. The van der Waals surface area contributed by atoms with E-state index in [2.05, 4.69) is 62.2 Å². The second-order valence-corrected chi connectivity index (χ2v) is 6.36. The summed E-state index contributed by atoms with van der Waals surface area (Å²) >= 11 is 0. The third-order valence-electron chi connectivity index (χ3n) is 4.40. The van der Waals surface area contributed by atoms with Crippen molar-refractivity contribution in [1.29, 1.82) is 0 Å². The molecule has 2 aromatic heterocycles. The van der Waals surface area contributed by atoms with Crippen molar-refractivity contribution in [3.8, 4) is 22.6 Å². The fraction of sp³-hybridized carbons (Fsp3) is 0.136. The van der Waals surface area contributed by atoms with Crippen molar-refractivity contribution in [2.75, 3.05) is 0 Å². The molecule has 0 radical (unpaired) electrons. The van der Waals surface area contributed by atoms with Gasteiger partial charge in [0.1, 0.15) is 5.76 Å². The summed E-state index contributed by atoms with van der Waals surface area (Å²) in [5.74, 6) is 0.909. The van der Waals surface area contributed by atoms with Crippen LogP contribution in [0.15, 0.2) is 65.2 Å². The van der Waals surface area contributed by atoms with Crippen molar-refractivity contribution in [2.24, 2.45) is 0 Å². The van der Waals surface area contributed by atoms with Crippen LogP contribution >= 0.6 is 0 Å². The van der Waals surface area contributed by atoms with Gasteiger partial charge < -0.3 is 4.42 Å². The van der Waals surface area contributed by atoms with E-state index in [1.54, 1.807) is 0 Å². The molecule has 2 nitrogen and oxygen atoms in total. The van der Waals surface area contributed by atoms with Crippen LogP contribution in [0.25, 0.3) is 33.6 Å². The number of rotatable bonds is 2. The van der Waals surface area contributed by atoms with Crippen LogP contribution in [0.5, 0.6) is 0 Å². The van der Waals surface area contributed by atoms with E-state index in [0.29, 0.717) is 0 Å². The average molecular weight is 313 g/mol. The molecule has 118 valence electrons. The van der Waals surface area contributed by atoms with E-state index in [1.165, 1.54) is 22.3 Å². The molecule has 4 aromatic rings. The number of aryl methyl sites for hydroxylation is 3. The minimum Gasteiger partial charge on any atom is -0.454 e. The Morgan fingerprint density at radius 2 is 1.54 bits per heavy atom. The minimum atomic E-state index is 0.823. The first-order valence-electron chi connectivity index (χ1n) is 8.15. The molecular formula is C22H19NO. The molecule has 0 saturated heterocycles. The molecule has 0 spiro atoms. The molecule has 24 heavy (non-hydrogen) atoms. The Labute approximate surface area is 141 Å². The Hall–Kier alpha value is -2.87. The van der Waals surface area contributed by atoms with Gasteiger partial charge in [0.05, 0.1) is 11.9 Å². The van der Waals surface area contributed by atoms with Gasteiger partial charge >= 0.3 is 0 Å². The number of fused-ring (bicyclic) bond motifs is 1. The van der Waals surface area contributed by atoms with E-state index in [4.69, 9.17) is 4.42 Å². The van der Waals surface area contributed by atoms with Crippen LogP contribution in [0.3, 0.4) is 0 Å². The van der Waals surface area contributed by atoms with Gasteiger partial charge in [-0.05, 0) is 44.0 Å². The lowest BCUT2D eigenvalue weighted by atomic mass is 9.98. The monoisotopic (exact) mass is 313 g/mol. The van der Waals surface area contributed by atoms with Crippen molar-refractivity contribution >= 4 is 11.0 Å². The number of aromatic nitrogens is 1. The first kappa shape index (κ1) is 14.7. The Bertz CT molecular complexity index is 1010. The van der Waals surface area contributed by atoms with Gasteiger partial charge in [-0.25, -0.2) is 0 Å². The Kier molecular flexibility index (Phi) is 3.46. The van der Waals surface area contributed by atoms with E-state index in [0.717, 1.165) is 28.0 Å². The summed E-state index contributed by atoms with van der Waals surface area (Å²) < 4.78 is 6.08. The zero-order chi connectivity index (χ0) is 16.7. The van der Waals surface area contributed by atoms with Crippen LogP contribution in [0.2, 0.25) is 0 Å². The molecule has 4 rings (SSSR count). The molecule has 0 saturated carbocycles. The van der Waals surface area contributed by atoms with Gasteiger partial charge in [-0.15, -0.1) is 0 Å². The first-order valence-corrected chi connectivity index (χ1v) is 8.15. The molecule has 0 N–H and O–H groups in total. The number of furan rings is 1. The molecule has 0 aliphatic carbocycles. The fourth-order valence-electron chi connectivity index (χ4n) is 3.40. The lowest BCUT2D eigenvalue weighted by Gasteiger charge is -2.08. The summed E-state index contributed by atoms with van der Waals surface area (Å²) in [5.41, 5.74) is 7.84. The van der Waals surface area contributed by atoms with Gasteiger partial charge in [-0.2, -0.15) is 0 Å². The first-order chi connectivity index (χ1) is 11.6. The highest BCUT2D eigenvalue weighted by Gasteiger charge is 2.13. The molecule has 2 aromatic carbocycles. The smallest absolute Gasteiger partial charge is 0.153 e. The highest BCUT2D eigenvalue weighted by atomic mass is 16.3. The van der Waals surface area contributed by atoms with Crippen LogP contribution in [-0.2, 0) is 0 Å². The summed E-state index contributed by atoms with van der Waals surface area (Å²) in [6, 6.07) is 18.8. The molecule has 0 amide bonds. The fourth-order valence-corrected chi connectivity index (χ4v) is 3.40. The molecule has 0 aliphatic rings. The van der Waals surface area contributed by atoms with Crippen LogP contribution < -0.4 is 0 Å². The highest BCUT2D eigenvalue weighted by Crippen LogP contribution is 2.34. The molecule has 0 aliphatic heterocycles. The summed E-state index contributed by atoms with van der Waals surface area (Å²) in [4.78, 5) is 4.55. The summed E-state index contributed by atoms with van der Waals surface area (Å²) in [6.45, 7) is 6.39. The predicted octanol–water partition coefficient (Wildman–Crippen LogP) is 6.09. The molecule has 0 atom stereocenters. The number of hydrogen-bond donors (Lipinski definition) is 0. The maximum Gasteiger partial charge on any atom is 0.153 e. The minimum absolute atomic E-state index is 0.823. The largest absolute Gasteiger partial charge is 0.454 e. The normalized spacial score (nSPS) is 11.1. The molecule has 0 fully saturated rings. The summed E-state index contributed by atoms with van der Waals surface area (Å²) in [7, 11) is 0. The maximum absolute atomic E-state index is 6.08. The van der Waals surface area contributed by atoms with Crippen LogP contribution in [-0.4, -0.2) is 4.98 Å². The second-order valence-electron chi connectivity index (χ2n) is 6.36. The topological polar surface area (TPSA) is 26.0 Å².